The first kappa shape index (κ1) is 21.1. The number of hydrogen-bond acceptors (Lipinski definition) is 3. The van der Waals surface area contributed by atoms with E-state index < -0.39 is 7.60 Å². The molecule has 0 bridgehead atoms. The van der Waals surface area contributed by atoms with Crippen LogP contribution in [0.2, 0.25) is 0 Å². The summed E-state index contributed by atoms with van der Waals surface area (Å²) in [4.78, 5) is 9.84. The van der Waals surface area contributed by atoms with Crippen LogP contribution < -0.4 is 5.32 Å². The van der Waals surface area contributed by atoms with Gasteiger partial charge >= 0.3 is 7.60 Å². The Morgan fingerprint density at radius 2 is 1.76 bits per heavy atom. The lowest BCUT2D eigenvalue weighted by molar-refractivity contribution is 0.202. The smallest absolute Gasteiger partial charge is 0.323 e. The molecule has 0 amide bonds. The molecule has 3 unspecified atom stereocenters. The lowest BCUT2D eigenvalue weighted by Gasteiger charge is -2.19. The van der Waals surface area contributed by atoms with E-state index in [2.05, 4.69) is 33.0 Å². The Labute approximate surface area is 131 Å². The second kappa shape index (κ2) is 12.6. The van der Waals surface area contributed by atoms with Crippen molar-refractivity contribution in [3.05, 3.63) is 0 Å². The van der Waals surface area contributed by atoms with Crippen LogP contribution in [-0.4, -0.2) is 24.3 Å². The minimum absolute atomic E-state index is 0.0632. The zero-order valence-electron chi connectivity index (χ0n) is 14.4. The van der Waals surface area contributed by atoms with Gasteiger partial charge in [-0.3, -0.25) is 4.57 Å². The maximum absolute atomic E-state index is 12.0. The van der Waals surface area contributed by atoms with Crippen LogP contribution in [0.1, 0.15) is 72.6 Å². The van der Waals surface area contributed by atoms with Crippen LogP contribution in [0.25, 0.3) is 0 Å². The third-order valence-corrected chi connectivity index (χ3v) is 5.09. The molecule has 0 rings (SSSR count). The zero-order valence-corrected chi connectivity index (χ0v) is 15.3. The Bertz CT molecular complexity index is 287. The van der Waals surface area contributed by atoms with Crippen LogP contribution in [0.15, 0.2) is 0 Å². The molecule has 0 aromatic rings. The molecule has 0 aliphatic heterocycles. The Morgan fingerprint density at radius 3 is 2.33 bits per heavy atom. The highest BCUT2D eigenvalue weighted by Gasteiger charge is 2.21. The molecule has 0 aliphatic carbocycles. The Kier molecular flexibility index (Phi) is 12.7. The summed E-state index contributed by atoms with van der Waals surface area (Å²) < 4.78 is 17.3. The summed E-state index contributed by atoms with van der Waals surface area (Å²) in [5.41, 5.74) is 0. The normalized spacial score (nSPS) is 17.4. The summed E-state index contributed by atoms with van der Waals surface area (Å²) in [7, 11) is -3.48. The van der Waals surface area contributed by atoms with E-state index in [9.17, 15) is 9.46 Å². The van der Waals surface area contributed by atoms with Crippen molar-refractivity contribution in [3.63, 3.8) is 0 Å². The minimum atomic E-state index is -3.48. The van der Waals surface area contributed by atoms with Gasteiger partial charge in [0.15, 0.2) is 0 Å². The Morgan fingerprint density at radius 1 is 1.14 bits per heavy atom. The van der Waals surface area contributed by atoms with Crippen molar-refractivity contribution in [2.24, 2.45) is 11.8 Å². The van der Waals surface area contributed by atoms with E-state index in [1.807, 2.05) is 0 Å². The van der Waals surface area contributed by atoms with Gasteiger partial charge in [-0.05, 0) is 31.2 Å². The minimum Gasteiger partial charge on any atom is -0.323 e. The number of nitrogens with one attached hydrogen (secondary N) is 1. The molecule has 4 nitrogen and oxygen atoms in total. The van der Waals surface area contributed by atoms with Gasteiger partial charge in [0.25, 0.3) is 0 Å². The second-order valence-electron chi connectivity index (χ2n) is 6.21. The van der Waals surface area contributed by atoms with E-state index in [0.717, 1.165) is 38.6 Å². The predicted octanol–water partition coefficient (Wildman–Crippen LogP) is 4.78. The van der Waals surface area contributed by atoms with Crippen molar-refractivity contribution in [2.75, 3.05) is 19.4 Å². The molecule has 2 N–H and O–H groups in total. The van der Waals surface area contributed by atoms with Crippen molar-refractivity contribution in [3.8, 4) is 0 Å². The summed E-state index contributed by atoms with van der Waals surface area (Å²) in [6, 6.07) is 0. The summed E-state index contributed by atoms with van der Waals surface area (Å²) in [5.74, 6) is 0.937. The van der Waals surface area contributed by atoms with Crippen molar-refractivity contribution in [2.45, 2.75) is 72.6 Å². The summed E-state index contributed by atoms with van der Waals surface area (Å²) in [5, 5.41) is 3.08. The van der Waals surface area contributed by atoms with Gasteiger partial charge in [-0.15, -0.1) is 0 Å². The lowest BCUT2D eigenvalue weighted by atomic mass is 10.0. The van der Waals surface area contributed by atoms with E-state index in [1.165, 1.54) is 12.8 Å². The van der Waals surface area contributed by atoms with E-state index in [4.69, 9.17) is 4.52 Å². The van der Waals surface area contributed by atoms with Gasteiger partial charge in [0.1, 0.15) is 0 Å². The van der Waals surface area contributed by atoms with Crippen molar-refractivity contribution < 1.29 is 14.0 Å². The van der Waals surface area contributed by atoms with Crippen LogP contribution in [0.3, 0.4) is 0 Å². The van der Waals surface area contributed by atoms with E-state index in [1.54, 1.807) is 0 Å². The number of unbranched alkanes of at least 4 members (excludes halogenated alkanes) is 2. The zero-order chi connectivity index (χ0) is 16.1. The summed E-state index contributed by atoms with van der Waals surface area (Å²) in [6.07, 6.45) is 8.03. The fourth-order valence-electron chi connectivity index (χ4n) is 2.27. The quantitative estimate of drug-likeness (QED) is 0.452. The van der Waals surface area contributed by atoms with Gasteiger partial charge in [-0.1, -0.05) is 59.8 Å². The molecule has 0 fully saturated rings. The van der Waals surface area contributed by atoms with E-state index in [0.29, 0.717) is 18.4 Å². The third kappa shape index (κ3) is 12.3. The van der Waals surface area contributed by atoms with E-state index >= 15 is 0 Å². The highest BCUT2D eigenvalue weighted by atomic mass is 31.2. The average molecular weight is 321 g/mol. The summed E-state index contributed by atoms with van der Waals surface area (Å²) >= 11 is 0. The summed E-state index contributed by atoms with van der Waals surface area (Å²) in [6.45, 7) is 9.80. The van der Waals surface area contributed by atoms with Crippen LogP contribution in [0.4, 0.5) is 0 Å². The monoisotopic (exact) mass is 321 g/mol. The molecule has 0 heterocycles. The van der Waals surface area contributed by atoms with Crippen molar-refractivity contribution in [1.29, 1.82) is 0 Å². The number of rotatable bonds is 14. The molecule has 3 atom stereocenters. The first-order chi connectivity index (χ1) is 9.95. The van der Waals surface area contributed by atoms with Gasteiger partial charge < -0.3 is 14.7 Å². The maximum Gasteiger partial charge on any atom is 0.341 e. The van der Waals surface area contributed by atoms with Crippen LogP contribution in [-0.2, 0) is 9.09 Å². The fourth-order valence-corrected chi connectivity index (χ4v) is 3.22. The first-order valence-corrected chi connectivity index (χ1v) is 10.4. The first-order valence-electron chi connectivity index (χ1n) is 8.62. The fraction of sp³-hybridized carbons (Fsp3) is 1.00. The van der Waals surface area contributed by atoms with Gasteiger partial charge in [0, 0.05) is 0 Å². The molecule has 128 valence electrons. The molecule has 5 heteroatoms. The van der Waals surface area contributed by atoms with Gasteiger partial charge in [-0.25, -0.2) is 0 Å². The molecule has 0 aliphatic rings. The Hall–Kier alpha value is 0.110. The second-order valence-corrected chi connectivity index (χ2v) is 8.06. The van der Waals surface area contributed by atoms with Crippen molar-refractivity contribution in [1.82, 2.24) is 5.32 Å². The average Bonchev–Trinajstić information content (AvgIpc) is 2.45. The molecular formula is C16H36NO3P. The van der Waals surface area contributed by atoms with Crippen LogP contribution >= 0.6 is 7.60 Å². The molecule has 0 spiro atoms. The third-order valence-electron chi connectivity index (χ3n) is 3.91. The van der Waals surface area contributed by atoms with Gasteiger partial charge in [0.2, 0.25) is 0 Å². The highest BCUT2D eigenvalue weighted by Crippen LogP contribution is 2.41. The van der Waals surface area contributed by atoms with Gasteiger partial charge in [0.05, 0.1) is 12.9 Å². The lowest BCUT2D eigenvalue weighted by Crippen LogP contribution is -2.23. The van der Waals surface area contributed by atoms with Crippen LogP contribution in [0.5, 0.6) is 0 Å². The molecule has 0 aromatic carbocycles. The predicted molar refractivity (Wildman–Crippen MR) is 90.6 cm³/mol. The maximum atomic E-state index is 12.0. The molecular weight excluding hydrogens is 285 g/mol. The SMILES string of the molecule is CCCCC(C)CNCP(=O)(O)OCC(CC)CCCC. The topological polar surface area (TPSA) is 58.6 Å². The molecule has 0 saturated carbocycles. The largest absolute Gasteiger partial charge is 0.341 e. The van der Waals surface area contributed by atoms with Crippen molar-refractivity contribution >= 4 is 7.60 Å². The standard InChI is InChI=1S/C16H36NO3P/c1-5-8-10-15(4)12-17-14-21(18,19)20-13-16(7-3)11-9-6-2/h15-17H,5-14H2,1-4H3,(H,18,19). The molecule has 0 aromatic heterocycles. The molecule has 0 radical (unpaired) electrons. The van der Waals surface area contributed by atoms with Gasteiger partial charge in [-0.2, -0.15) is 0 Å². The Balaban J connectivity index is 3.88. The molecule has 21 heavy (non-hydrogen) atoms. The van der Waals surface area contributed by atoms with E-state index in [-0.39, 0.29) is 6.29 Å². The number of hydrogen-bond donors (Lipinski definition) is 2. The highest BCUT2D eigenvalue weighted by molar-refractivity contribution is 7.52. The molecule has 0 saturated heterocycles. The van der Waals surface area contributed by atoms with Crippen LogP contribution in [0, 0.1) is 11.8 Å².